The standard InChI is InChI=1S/C24H27N3/c1-18-19(2)24(9-8-23(18)21-10-12-25-13-11-21)27-15-14-26-22(17-27)16-20-6-4-3-5-7-20/h3-13,22,26H,14-17H2,1-2H3/t22-/m0/s1. The van der Waals surface area contributed by atoms with E-state index in [2.05, 4.69) is 83.6 Å². The maximum Gasteiger partial charge on any atom is 0.0400 e. The Morgan fingerprint density at radius 3 is 2.52 bits per heavy atom. The molecule has 1 atom stereocenters. The Bertz CT molecular complexity index is 890. The molecule has 0 unspecified atom stereocenters. The van der Waals surface area contributed by atoms with Gasteiger partial charge in [-0.25, -0.2) is 0 Å². The molecule has 3 heteroatoms. The number of nitrogens with zero attached hydrogens (tertiary/aromatic N) is 2. The van der Waals surface area contributed by atoms with Crippen molar-refractivity contribution < 1.29 is 0 Å². The Labute approximate surface area is 162 Å². The van der Waals surface area contributed by atoms with E-state index < -0.39 is 0 Å². The molecule has 1 N–H and O–H groups in total. The van der Waals surface area contributed by atoms with E-state index in [9.17, 15) is 0 Å². The van der Waals surface area contributed by atoms with Gasteiger partial charge in [-0.2, -0.15) is 0 Å². The third kappa shape index (κ3) is 3.88. The highest BCUT2D eigenvalue weighted by atomic mass is 15.2. The van der Waals surface area contributed by atoms with E-state index in [4.69, 9.17) is 0 Å². The highest BCUT2D eigenvalue weighted by Gasteiger charge is 2.22. The molecule has 3 aromatic rings. The molecule has 0 spiro atoms. The van der Waals surface area contributed by atoms with Crippen molar-refractivity contribution in [2.75, 3.05) is 24.5 Å². The lowest BCUT2D eigenvalue weighted by Crippen LogP contribution is -2.51. The van der Waals surface area contributed by atoms with Gasteiger partial charge in [0.1, 0.15) is 0 Å². The van der Waals surface area contributed by atoms with Crippen LogP contribution >= 0.6 is 0 Å². The van der Waals surface area contributed by atoms with E-state index in [-0.39, 0.29) is 0 Å². The molecule has 0 aliphatic carbocycles. The first-order chi connectivity index (χ1) is 13.2. The number of pyridine rings is 1. The third-order valence-electron chi connectivity index (χ3n) is 5.67. The van der Waals surface area contributed by atoms with Gasteiger partial charge in [0.2, 0.25) is 0 Å². The minimum absolute atomic E-state index is 0.487. The second-order valence-corrected chi connectivity index (χ2v) is 7.40. The van der Waals surface area contributed by atoms with E-state index in [0.717, 1.165) is 26.1 Å². The Kier molecular flexibility index (Phi) is 5.21. The lowest BCUT2D eigenvalue weighted by Gasteiger charge is -2.36. The zero-order valence-electron chi connectivity index (χ0n) is 16.2. The van der Waals surface area contributed by atoms with Gasteiger partial charge in [-0.1, -0.05) is 36.4 Å². The van der Waals surface area contributed by atoms with Crippen LogP contribution in [0.3, 0.4) is 0 Å². The normalized spacial score (nSPS) is 17.1. The molecule has 0 amide bonds. The summed E-state index contributed by atoms with van der Waals surface area (Å²) >= 11 is 0. The van der Waals surface area contributed by atoms with Crippen LogP contribution < -0.4 is 10.2 Å². The van der Waals surface area contributed by atoms with E-state index in [1.54, 1.807) is 0 Å². The summed E-state index contributed by atoms with van der Waals surface area (Å²) in [6, 6.07) is 20.0. The molecule has 4 rings (SSSR count). The van der Waals surface area contributed by atoms with Crippen LogP contribution in [-0.4, -0.2) is 30.7 Å². The van der Waals surface area contributed by atoms with Gasteiger partial charge in [0.05, 0.1) is 0 Å². The molecule has 1 fully saturated rings. The van der Waals surface area contributed by atoms with Gasteiger partial charge in [-0.15, -0.1) is 0 Å². The average Bonchev–Trinajstić information content (AvgIpc) is 2.72. The fourth-order valence-electron chi connectivity index (χ4n) is 4.07. The Balaban J connectivity index is 1.55. The summed E-state index contributed by atoms with van der Waals surface area (Å²) in [7, 11) is 0. The smallest absolute Gasteiger partial charge is 0.0400 e. The summed E-state index contributed by atoms with van der Waals surface area (Å²) in [5.41, 5.74) is 8.04. The van der Waals surface area contributed by atoms with Crippen LogP contribution in [0.5, 0.6) is 0 Å². The van der Waals surface area contributed by atoms with Crippen molar-refractivity contribution in [3.63, 3.8) is 0 Å². The summed E-state index contributed by atoms with van der Waals surface area (Å²) in [5.74, 6) is 0. The number of piperazine rings is 1. The first-order valence-corrected chi connectivity index (χ1v) is 9.75. The van der Waals surface area contributed by atoms with Crippen LogP contribution in [0.15, 0.2) is 67.0 Å². The zero-order valence-corrected chi connectivity index (χ0v) is 16.2. The molecule has 1 saturated heterocycles. The molecule has 1 aliphatic heterocycles. The average molecular weight is 358 g/mol. The molecule has 0 bridgehead atoms. The first-order valence-electron chi connectivity index (χ1n) is 9.75. The van der Waals surface area contributed by atoms with Crippen molar-refractivity contribution in [3.05, 3.63) is 83.7 Å². The predicted molar refractivity (Wildman–Crippen MR) is 113 cm³/mol. The van der Waals surface area contributed by atoms with Crippen LogP contribution in [0.25, 0.3) is 11.1 Å². The van der Waals surface area contributed by atoms with Gasteiger partial charge >= 0.3 is 0 Å². The van der Waals surface area contributed by atoms with E-state index >= 15 is 0 Å². The van der Waals surface area contributed by atoms with Crippen LogP contribution in [0.4, 0.5) is 5.69 Å². The van der Waals surface area contributed by atoms with Crippen molar-refractivity contribution in [2.45, 2.75) is 26.3 Å². The second kappa shape index (κ2) is 7.93. The van der Waals surface area contributed by atoms with E-state index in [0.29, 0.717) is 6.04 Å². The monoisotopic (exact) mass is 357 g/mol. The number of aromatic nitrogens is 1. The fraction of sp³-hybridized carbons (Fsp3) is 0.292. The van der Waals surface area contributed by atoms with Crippen molar-refractivity contribution in [3.8, 4) is 11.1 Å². The summed E-state index contributed by atoms with van der Waals surface area (Å²) in [4.78, 5) is 6.69. The van der Waals surface area contributed by atoms with Gasteiger partial charge in [-0.3, -0.25) is 4.98 Å². The highest BCUT2D eigenvalue weighted by Crippen LogP contribution is 2.32. The summed E-state index contributed by atoms with van der Waals surface area (Å²) < 4.78 is 0. The number of nitrogens with one attached hydrogen (secondary N) is 1. The quantitative estimate of drug-likeness (QED) is 0.751. The SMILES string of the molecule is Cc1c(-c2ccncc2)ccc(N2CCN[C@@H](Cc3ccccc3)C2)c1C. The number of anilines is 1. The van der Waals surface area contributed by atoms with Crippen LogP contribution in [-0.2, 0) is 6.42 Å². The summed E-state index contributed by atoms with van der Waals surface area (Å²) in [6.07, 6.45) is 4.80. The van der Waals surface area contributed by atoms with Crippen LogP contribution in [0.2, 0.25) is 0 Å². The number of hydrogen-bond donors (Lipinski definition) is 1. The van der Waals surface area contributed by atoms with Crippen molar-refractivity contribution >= 4 is 5.69 Å². The number of benzene rings is 2. The van der Waals surface area contributed by atoms with Crippen LogP contribution in [0.1, 0.15) is 16.7 Å². The topological polar surface area (TPSA) is 28.2 Å². The molecule has 1 aromatic heterocycles. The van der Waals surface area contributed by atoms with Crippen LogP contribution in [0, 0.1) is 13.8 Å². The largest absolute Gasteiger partial charge is 0.368 e. The van der Waals surface area contributed by atoms with Crippen molar-refractivity contribution in [2.24, 2.45) is 0 Å². The second-order valence-electron chi connectivity index (χ2n) is 7.40. The van der Waals surface area contributed by atoms with E-state index in [1.807, 2.05) is 12.4 Å². The Morgan fingerprint density at radius 2 is 1.74 bits per heavy atom. The summed E-state index contributed by atoms with van der Waals surface area (Å²) in [6.45, 7) is 7.62. The highest BCUT2D eigenvalue weighted by molar-refractivity contribution is 5.73. The maximum absolute atomic E-state index is 4.14. The molecule has 0 saturated carbocycles. The molecule has 0 radical (unpaired) electrons. The minimum atomic E-state index is 0.487. The van der Waals surface area contributed by atoms with Gasteiger partial charge in [0, 0.05) is 43.8 Å². The summed E-state index contributed by atoms with van der Waals surface area (Å²) in [5, 5.41) is 3.69. The maximum atomic E-state index is 4.14. The zero-order chi connectivity index (χ0) is 18.6. The van der Waals surface area contributed by atoms with Gasteiger partial charge in [0.25, 0.3) is 0 Å². The van der Waals surface area contributed by atoms with Gasteiger partial charge in [-0.05, 0) is 66.3 Å². The minimum Gasteiger partial charge on any atom is -0.368 e. The van der Waals surface area contributed by atoms with Crippen molar-refractivity contribution in [1.82, 2.24) is 10.3 Å². The molecule has 1 aliphatic rings. The third-order valence-corrected chi connectivity index (χ3v) is 5.67. The van der Waals surface area contributed by atoms with Gasteiger partial charge in [0.15, 0.2) is 0 Å². The number of rotatable bonds is 4. The Morgan fingerprint density at radius 1 is 0.963 bits per heavy atom. The lowest BCUT2D eigenvalue weighted by atomic mass is 9.95. The van der Waals surface area contributed by atoms with E-state index in [1.165, 1.54) is 33.5 Å². The predicted octanol–water partition coefficient (Wildman–Crippen LogP) is 4.39. The lowest BCUT2D eigenvalue weighted by molar-refractivity contribution is 0.454. The molecular formula is C24H27N3. The molecule has 138 valence electrons. The molecule has 3 nitrogen and oxygen atoms in total. The van der Waals surface area contributed by atoms with Crippen molar-refractivity contribution in [1.29, 1.82) is 0 Å². The number of hydrogen-bond acceptors (Lipinski definition) is 3. The molecule has 2 heterocycles. The first kappa shape index (κ1) is 17.7. The molecule has 27 heavy (non-hydrogen) atoms. The van der Waals surface area contributed by atoms with Gasteiger partial charge < -0.3 is 10.2 Å². The Hall–Kier alpha value is -2.65. The fourth-order valence-corrected chi connectivity index (χ4v) is 4.07. The molecular weight excluding hydrogens is 330 g/mol. The molecule has 2 aromatic carbocycles.